The molecule has 3 unspecified atom stereocenters. The average molecular weight is 248 g/mol. The van der Waals surface area contributed by atoms with Crippen LogP contribution in [0.2, 0.25) is 0 Å². The van der Waals surface area contributed by atoms with Gasteiger partial charge in [-0.25, -0.2) is 0 Å². The number of para-hydroxylation sites is 1. The van der Waals surface area contributed by atoms with E-state index in [2.05, 4.69) is 0 Å². The SMILES string of the molecule is C1CCC2OC2C1.c1ccc(OCC2CO2)cc1. The number of benzene rings is 1. The molecule has 0 N–H and O–H groups in total. The first-order chi connectivity index (χ1) is 8.92. The summed E-state index contributed by atoms with van der Waals surface area (Å²) >= 11 is 0. The maximum Gasteiger partial charge on any atom is 0.119 e. The molecule has 18 heavy (non-hydrogen) atoms. The zero-order valence-electron chi connectivity index (χ0n) is 10.6. The molecule has 1 aliphatic carbocycles. The maximum absolute atomic E-state index is 5.40. The summed E-state index contributed by atoms with van der Waals surface area (Å²) in [7, 11) is 0. The number of ether oxygens (including phenoxy) is 3. The van der Waals surface area contributed by atoms with Crippen LogP contribution in [0.25, 0.3) is 0 Å². The van der Waals surface area contributed by atoms with Crippen LogP contribution >= 0.6 is 0 Å². The standard InChI is InChI=1S/C9H10O2.C6H10O/c1-2-4-8(5-3-1)10-6-9-7-11-9;1-2-4-6-5(3-1)7-6/h1-5,9H,6-7H2;5-6H,1-4H2. The molecule has 0 amide bonds. The Labute approximate surface area is 108 Å². The number of fused-ring (bicyclic) bond motifs is 1. The largest absolute Gasteiger partial charge is 0.491 e. The minimum Gasteiger partial charge on any atom is -0.491 e. The molecule has 2 heterocycles. The van der Waals surface area contributed by atoms with Gasteiger partial charge in [0.25, 0.3) is 0 Å². The molecule has 2 aliphatic heterocycles. The van der Waals surface area contributed by atoms with Crippen molar-refractivity contribution in [2.45, 2.75) is 44.0 Å². The summed E-state index contributed by atoms with van der Waals surface area (Å²) in [4.78, 5) is 0. The highest BCUT2D eigenvalue weighted by atomic mass is 16.6. The van der Waals surface area contributed by atoms with E-state index in [9.17, 15) is 0 Å². The fraction of sp³-hybridized carbons (Fsp3) is 0.600. The van der Waals surface area contributed by atoms with E-state index < -0.39 is 0 Å². The summed E-state index contributed by atoms with van der Waals surface area (Å²) in [5.74, 6) is 0.919. The molecule has 4 rings (SSSR count). The predicted octanol–water partition coefficient (Wildman–Crippen LogP) is 2.79. The van der Waals surface area contributed by atoms with Crippen LogP contribution in [-0.4, -0.2) is 31.5 Å². The monoisotopic (exact) mass is 248 g/mol. The summed E-state index contributed by atoms with van der Waals surface area (Å²) in [5, 5.41) is 0. The molecule has 3 aliphatic rings. The lowest BCUT2D eigenvalue weighted by Gasteiger charge is -2.01. The molecule has 3 atom stereocenters. The average Bonchev–Trinajstić information content (AvgIpc) is 3.31. The van der Waals surface area contributed by atoms with Gasteiger partial charge in [0.2, 0.25) is 0 Å². The van der Waals surface area contributed by atoms with E-state index >= 15 is 0 Å². The summed E-state index contributed by atoms with van der Waals surface area (Å²) in [6, 6.07) is 9.79. The normalized spacial score (nSPS) is 31.7. The molecule has 0 bridgehead atoms. The third kappa shape index (κ3) is 3.72. The zero-order chi connectivity index (χ0) is 12.2. The first-order valence-corrected chi connectivity index (χ1v) is 6.87. The molecule has 1 saturated carbocycles. The molecule has 1 aromatic rings. The van der Waals surface area contributed by atoms with Gasteiger partial charge in [-0.3, -0.25) is 0 Å². The van der Waals surface area contributed by atoms with Crippen molar-refractivity contribution < 1.29 is 14.2 Å². The Bertz CT molecular complexity index is 351. The lowest BCUT2D eigenvalue weighted by atomic mass is 10.0. The second kappa shape index (κ2) is 5.72. The van der Waals surface area contributed by atoms with Crippen LogP contribution in [0.15, 0.2) is 30.3 Å². The fourth-order valence-corrected chi connectivity index (χ4v) is 2.25. The Morgan fingerprint density at radius 1 is 1.06 bits per heavy atom. The Hall–Kier alpha value is -1.06. The van der Waals surface area contributed by atoms with Crippen LogP contribution in [0.3, 0.4) is 0 Å². The van der Waals surface area contributed by atoms with Crippen LogP contribution in [0.1, 0.15) is 25.7 Å². The molecule has 0 spiro atoms. The Balaban J connectivity index is 0.000000122. The summed E-state index contributed by atoms with van der Waals surface area (Å²) in [5.41, 5.74) is 0. The van der Waals surface area contributed by atoms with Gasteiger partial charge in [-0.1, -0.05) is 31.0 Å². The van der Waals surface area contributed by atoms with E-state index in [0.29, 0.717) is 24.9 Å². The highest BCUT2D eigenvalue weighted by molar-refractivity contribution is 5.20. The van der Waals surface area contributed by atoms with E-state index in [-0.39, 0.29) is 0 Å². The molecular weight excluding hydrogens is 228 g/mol. The van der Waals surface area contributed by atoms with Gasteiger partial charge >= 0.3 is 0 Å². The van der Waals surface area contributed by atoms with Gasteiger partial charge < -0.3 is 14.2 Å². The molecule has 3 nitrogen and oxygen atoms in total. The third-order valence-corrected chi connectivity index (χ3v) is 3.50. The van der Waals surface area contributed by atoms with Crippen LogP contribution in [0.4, 0.5) is 0 Å². The Kier molecular flexibility index (Phi) is 3.81. The topological polar surface area (TPSA) is 34.3 Å². The maximum atomic E-state index is 5.40. The molecule has 0 radical (unpaired) electrons. The predicted molar refractivity (Wildman–Crippen MR) is 68.8 cm³/mol. The number of hydrogen-bond acceptors (Lipinski definition) is 3. The van der Waals surface area contributed by atoms with Gasteiger partial charge in [0.05, 0.1) is 18.8 Å². The van der Waals surface area contributed by atoms with Gasteiger partial charge in [-0.15, -0.1) is 0 Å². The van der Waals surface area contributed by atoms with Gasteiger partial charge in [0.15, 0.2) is 0 Å². The van der Waals surface area contributed by atoms with Crippen molar-refractivity contribution in [1.29, 1.82) is 0 Å². The molecule has 3 heteroatoms. The second-order valence-corrected chi connectivity index (χ2v) is 5.08. The van der Waals surface area contributed by atoms with Crippen molar-refractivity contribution in [1.82, 2.24) is 0 Å². The Morgan fingerprint density at radius 3 is 2.28 bits per heavy atom. The zero-order valence-corrected chi connectivity index (χ0v) is 10.6. The third-order valence-electron chi connectivity index (χ3n) is 3.50. The summed E-state index contributed by atoms with van der Waals surface area (Å²) in [6.07, 6.45) is 7.23. The second-order valence-electron chi connectivity index (χ2n) is 5.08. The van der Waals surface area contributed by atoms with Crippen molar-refractivity contribution >= 4 is 0 Å². The smallest absolute Gasteiger partial charge is 0.119 e. The van der Waals surface area contributed by atoms with Crippen LogP contribution in [0.5, 0.6) is 5.75 Å². The fourth-order valence-electron chi connectivity index (χ4n) is 2.25. The van der Waals surface area contributed by atoms with Crippen LogP contribution in [-0.2, 0) is 9.47 Å². The molecule has 3 fully saturated rings. The number of rotatable bonds is 3. The lowest BCUT2D eigenvalue weighted by Crippen LogP contribution is -2.03. The van der Waals surface area contributed by atoms with Crippen molar-refractivity contribution in [3.05, 3.63) is 30.3 Å². The van der Waals surface area contributed by atoms with E-state index in [1.807, 2.05) is 30.3 Å². The minimum absolute atomic E-state index is 0.343. The summed E-state index contributed by atoms with van der Waals surface area (Å²) in [6.45, 7) is 1.54. The Morgan fingerprint density at radius 2 is 1.72 bits per heavy atom. The molecule has 0 aromatic heterocycles. The highest BCUT2D eigenvalue weighted by Gasteiger charge is 2.39. The van der Waals surface area contributed by atoms with Gasteiger partial charge in [0.1, 0.15) is 18.5 Å². The van der Waals surface area contributed by atoms with E-state index in [4.69, 9.17) is 14.2 Å². The molecular formula is C15H20O3. The quantitative estimate of drug-likeness (QED) is 0.771. The van der Waals surface area contributed by atoms with E-state index in [0.717, 1.165) is 12.4 Å². The number of epoxide rings is 2. The molecule has 1 aromatic carbocycles. The van der Waals surface area contributed by atoms with Crippen molar-refractivity contribution in [3.8, 4) is 5.75 Å². The minimum atomic E-state index is 0.343. The van der Waals surface area contributed by atoms with Crippen molar-refractivity contribution in [2.24, 2.45) is 0 Å². The highest BCUT2D eigenvalue weighted by Crippen LogP contribution is 2.35. The van der Waals surface area contributed by atoms with E-state index in [1.54, 1.807) is 0 Å². The van der Waals surface area contributed by atoms with E-state index in [1.165, 1.54) is 25.7 Å². The van der Waals surface area contributed by atoms with Gasteiger partial charge in [-0.05, 0) is 25.0 Å². The van der Waals surface area contributed by atoms with Crippen molar-refractivity contribution in [3.63, 3.8) is 0 Å². The van der Waals surface area contributed by atoms with Crippen LogP contribution in [0, 0.1) is 0 Å². The van der Waals surface area contributed by atoms with Gasteiger partial charge in [0, 0.05) is 0 Å². The first-order valence-electron chi connectivity index (χ1n) is 6.87. The lowest BCUT2D eigenvalue weighted by molar-refractivity contribution is 0.263. The van der Waals surface area contributed by atoms with Crippen molar-refractivity contribution in [2.75, 3.05) is 13.2 Å². The van der Waals surface area contributed by atoms with Crippen LogP contribution < -0.4 is 4.74 Å². The molecule has 98 valence electrons. The summed E-state index contributed by atoms with van der Waals surface area (Å²) < 4.78 is 15.7. The van der Waals surface area contributed by atoms with Gasteiger partial charge in [-0.2, -0.15) is 0 Å². The molecule has 2 saturated heterocycles. The first kappa shape index (κ1) is 12.0. The number of hydrogen-bond donors (Lipinski definition) is 0.